The van der Waals surface area contributed by atoms with Gasteiger partial charge in [0.25, 0.3) is 0 Å². The highest BCUT2D eigenvalue weighted by Gasteiger charge is 2.57. The van der Waals surface area contributed by atoms with E-state index >= 15 is 0 Å². The predicted octanol–water partition coefficient (Wildman–Crippen LogP) is 7.80. The van der Waals surface area contributed by atoms with Crippen molar-refractivity contribution in [3.63, 3.8) is 0 Å². The van der Waals surface area contributed by atoms with E-state index < -0.39 is 11.8 Å². The number of benzene rings is 4. The summed E-state index contributed by atoms with van der Waals surface area (Å²) < 4.78 is 0. The van der Waals surface area contributed by atoms with Gasteiger partial charge in [-0.1, -0.05) is 119 Å². The molecule has 4 aromatic rings. The number of aryl methyl sites for hydroxylation is 4. The van der Waals surface area contributed by atoms with E-state index in [1.165, 1.54) is 11.1 Å². The first kappa shape index (κ1) is 23.9. The number of carbonyl (C=O) groups excluding carboxylic acids is 2. The van der Waals surface area contributed by atoms with Crippen molar-refractivity contribution in [1.82, 2.24) is 0 Å². The van der Waals surface area contributed by atoms with Gasteiger partial charge in [-0.15, -0.1) is 0 Å². The van der Waals surface area contributed by atoms with E-state index in [-0.39, 0.29) is 23.4 Å². The Morgan fingerprint density at radius 3 is 0.944 bits per heavy atom. The van der Waals surface area contributed by atoms with Crippen LogP contribution in [0.4, 0.5) is 0 Å². The van der Waals surface area contributed by atoms with Crippen molar-refractivity contribution >= 4 is 11.6 Å². The highest BCUT2D eigenvalue weighted by molar-refractivity contribution is 6.07. The molecular weight excluding hydrogens is 440 g/mol. The number of rotatable bonds is 6. The highest BCUT2D eigenvalue weighted by atomic mass is 16.1. The topological polar surface area (TPSA) is 34.1 Å². The molecule has 4 atom stereocenters. The lowest BCUT2D eigenvalue weighted by molar-refractivity contribution is 0.0456. The van der Waals surface area contributed by atoms with Crippen LogP contribution in [0.5, 0.6) is 0 Å². The maximum atomic E-state index is 14.1. The summed E-state index contributed by atoms with van der Waals surface area (Å²) >= 11 is 0. The average Bonchev–Trinajstić information content (AvgIpc) is 2.86. The molecule has 36 heavy (non-hydrogen) atoms. The molecule has 1 aliphatic carbocycles. The molecule has 0 aliphatic heterocycles. The zero-order valence-corrected chi connectivity index (χ0v) is 21.4. The van der Waals surface area contributed by atoms with Crippen LogP contribution >= 0.6 is 0 Å². The molecule has 1 aliphatic rings. The van der Waals surface area contributed by atoms with Gasteiger partial charge in [-0.05, 0) is 38.8 Å². The lowest BCUT2D eigenvalue weighted by atomic mass is 9.49. The molecule has 0 unspecified atom stereocenters. The second-order valence-corrected chi connectivity index (χ2v) is 10.4. The lowest BCUT2D eigenvalue weighted by Crippen LogP contribution is -2.51. The van der Waals surface area contributed by atoms with Crippen LogP contribution in [-0.4, -0.2) is 11.6 Å². The average molecular weight is 473 g/mol. The van der Waals surface area contributed by atoms with Crippen molar-refractivity contribution in [1.29, 1.82) is 0 Å². The van der Waals surface area contributed by atoms with Crippen LogP contribution < -0.4 is 0 Å². The van der Waals surface area contributed by atoms with Crippen molar-refractivity contribution in [3.8, 4) is 0 Å². The third kappa shape index (κ3) is 4.44. The molecule has 1 fully saturated rings. The molecular formula is C34H32O2. The fourth-order valence-electron chi connectivity index (χ4n) is 5.63. The number of hydrogen-bond acceptors (Lipinski definition) is 2. The zero-order valence-electron chi connectivity index (χ0n) is 21.4. The van der Waals surface area contributed by atoms with Crippen molar-refractivity contribution in [2.45, 2.75) is 39.5 Å². The van der Waals surface area contributed by atoms with Crippen LogP contribution in [0.25, 0.3) is 0 Å². The maximum absolute atomic E-state index is 14.1. The van der Waals surface area contributed by atoms with Crippen molar-refractivity contribution < 1.29 is 9.59 Å². The summed E-state index contributed by atoms with van der Waals surface area (Å²) in [6.45, 7) is 8.18. The Bertz CT molecular complexity index is 1270. The summed E-state index contributed by atoms with van der Waals surface area (Å²) in [5.74, 6) is -0.877. The largest absolute Gasteiger partial charge is 0.294 e. The molecule has 0 amide bonds. The monoisotopic (exact) mass is 472 g/mol. The second-order valence-electron chi connectivity index (χ2n) is 10.4. The molecule has 4 aromatic carbocycles. The molecule has 0 aromatic heterocycles. The number of carbonyl (C=O) groups is 2. The van der Waals surface area contributed by atoms with Gasteiger partial charge >= 0.3 is 0 Å². The summed E-state index contributed by atoms with van der Waals surface area (Å²) in [7, 11) is 0. The van der Waals surface area contributed by atoms with E-state index in [1.807, 2.05) is 62.4 Å². The number of hydrogen-bond donors (Lipinski definition) is 0. The fourth-order valence-corrected chi connectivity index (χ4v) is 5.63. The van der Waals surface area contributed by atoms with E-state index in [4.69, 9.17) is 0 Å². The summed E-state index contributed by atoms with van der Waals surface area (Å²) in [4.78, 5) is 28.1. The summed E-state index contributed by atoms with van der Waals surface area (Å²) in [5.41, 5.74) is 8.16. The highest BCUT2D eigenvalue weighted by Crippen LogP contribution is 2.59. The Hall–Kier alpha value is -3.78. The summed E-state index contributed by atoms with van der Waals surface area (Å²) in [6.07, 6.45) is 0. The Morgan fingerprint density at radius 1 is 0.417 bits per heavy atom. The zero-order chi connectivity index (χ0) is 25.4. The molecule has 2 heteroatoms. The third-order valence-electron chi connectivity index (χ3n) is 7.75. The molecule has 180 valence electrons. The van der Waals surface area contributed by atoms with E-state index in [0.29, 0.717) is 11.1 Å². The molecule has 0 radical (unpaired) electrons. The van der Waals surface area contributed by atoms with Gasteiger partial charge in [-0.2, -0.15) is 0 Å². The Kier molecular flexibility index (Phi) is 6.45. The smallest absolute Gasteiger partial charge is 0.167 e. The SMILES string of the molecule is Cc1ccc(C(=O)[C@H]2[C@H](C(=O)c3ccc(C)cc3)[C@@H](c3ccc(C)cc3)[C@@H]2c2ccc(C)cc2)cc1. The van der Waals surface area contributed by atoms with Gasteiger partial charge in [0.2, 0.25) is 0 Å². The van der Waals surface area contributed by atoms with Gasteiger partial charge < -0.3 is 0 Å². The van der Waals surface area contributed by atoms with Crippen LogP contribution in [-0.2, 0) is 0 Å². The first-order valence-electron chi connectivity index (χ1n) is 12.7. The molecule has 5 rings (SSSR count). The maximum Gasteiger partial charge on any atom is 0.167 e. The molecule has 0 N–H and O–H groups in total. The van der Waals surface area contributed by atoms with E-state index in [0.717, 1.165) is 22.3 Å². The third-order valence-corrected chi connectivity index (χ3v) is 7.75. The van der Waals surface area contributed by atoms with Crippen molar-refractivity contribution in [2.24, 2.45) is 11.8 Å². The fraction of sp³-hybridized carbons (Fsp3) is 0.235. The molecule has 0 heterocycles. The van der Waals surface area contributed by atoms with Gasteiger partial charge in [-0.25, -0.2) is 0 Å². The molecule has 1 saturated carbocycles. The lowest BCUT2D eigenvalue weighted by Gasteiger charge is -2.51. The van der Waals surface area contributed by atoms with Crippen LogP contribution in [0.3, 0.4) is 0 Å². The van der Waals surface area contributed by atoms with Crippen LogP contribution in [0.15, 0.2) is 97.1 Å². The Labute approximate surface area is 214 Å². The van der Waals surface area contributed by atoms with Gasteiger partial charge in [0.15, 0.2) is 11.6 Å². The standard InChI is InChI=1S/C34H32O2/c1-21-5-13-25(14-6-21)29-30(26-15-7-22(2)8-16-26)32(34(36)28-19-11-24(4)12-20-28)31(29)33(35)27-17-9-23(3)10-18-27/h5-20,29-32H,1-4H3/t29-,30-,31+,32+/m0/s1. The molecule has 2 nitrogen and oxygen atoms in total. The first-order valence-corrected chi connectivity index (χ1v) is 12.7. The first-order chi connectivity index (χ1) is 17.3. The quantitative estimate of drug-likeness (QED) is 0.268. The van der Waals surface area contributed by atoms with E-state index in [9.17, 15) is 9.59 Å². The summed E-state index contributed by atoms with van der Waals surface area (Å²) in [6, 6.07) is 32.4. The van der Waals surface area contributed by atoms with Gasteiger partial charge in [-0.3, -0.25) is 9.59 Å². The van der Waals surface area contributed by atoms with E-state index in [2.05, 4.69) is 62.4 Å². The normalized spacial score (nSPS) is 21.0. The van der Waals surface area contributed by atoms with Crippen molar-refractivity contribution in [2.75, 3.05) is 0 Å². The summed E-state index contributed by atoms with van der Waals surface area (Å²) in [5, 5.41) is 0. The van der Waals surface area contributed by atoms with Gasteiger partial charge in [0, 0.05) is 34.8 Å². The number of Topliss-reactive ketones (excluding diaryl/α,β-unsaturated/α-hetero) is 2. The number of ketones is 2. The predicted molar refractivity (Wildman–Crippen MR) is 146 cm³/mol. The minimum Gasteiger partial charge on any atom is -0.294 e. The molecule has 0 bridgehead atoms. The Morgan fingerprint density at radius 2 is 0.667 bits per heavy atom. The second kappa shape index (κ2) is 9.70. The van der Waals surface area contributed by atoms with Gasteiger partial charge in [0.05, 0.1) is 0 Å². The Balaban J connectivity index is 1.64. The minimum atomic E-state index is -0.421. The van der Waals surface area contributed by atoms with Crippen LogP contribution in [0.2, 0.25) is 0 Å². The minimum absolute atomic E-state index is 0.0504. The van der Waals surface area contributed by atoms with Crippen molar-refractivity contribution in [3.05, 3.63) is 142 Å². The van der Waals surface area contributed by atoms with Crippen LogP contribution in [0, 0.1) is 39.5 Å². The molecule has 0 saturated heterocycles. The molecule has 0 spiro atoms. The van der Waals surface area contributed by atoms with Gasteiger partial charge in [0.1, 0.15) is 0 Å². The van der Waals surface area contributed by atoms with Crippen LogP contribution in [0.1, 0.15) is 65.9 Å². The van der Waals surface area contributed by atoms with E-state index in [1.54, 1.807) is 0 Å².